The van der Waals surface area contributed by atoms with Crippen LogP contribution in [0, 0.1) is 12.7 Å². The highest BCUT2D eigenvalue weighted by atomic mass is 19.4. The molecule has 164 valence electrons. The van der Waals surface area contributed by atoms with Crippen molar-refractivity contribution >= 4 is 11.9 Å². The van der Waals surface area contributed by atoms with Crippen LogP contribution in [-0.2, 0) is 4.79 Å². The standard InChI is InChI=1S/C16H20FN5O.C2HF3O2/c1-11-8-12(4-5-13(11)17)22-10-19-14(20-22)15(23)21-7-6-18-9-16(21,2)3;3-2(4,5)1(6)7/h4-5,8,10,18H,6-7,9H2,1-3H3;(H,6,7). The van der Waals surface area contributed by atoms with Gasteiger partial charge in [-0.15, -0.1) is 5.10 Å². The van der Waals surface area contributed by atoms with E-state index in [1.807, 2.05) is 13.8 Å². The van der Waals surface area contributed by atoms with Gasteiger partial charge in [0.25, 0.3) is 5.91 Å². The molecule has 2 aromatic rings. The van der Waals surface area contributed by atoms with E-state index in [2.05, 4.69) is 15.4 Å². The van der Waals surface area contributed by atoms with Gasteiger partial charge < -0.3 is 15.3 Å². The van der Waals surface area contributed by atoms with Crippen molar-refractivity contribution in [2.24, 2.45) is 0 Å². The zero-order valence-corrected chi connectivity index (χ0v) is 16.5. The number of benzene rings is 1. The number of nitrogens with zero attached hydrogens (tertiary/aromatic N) is 4. The lowest BCUT2D eigenvalue weighted by molar-refractivity contribution is -0.192. The summed E-state index contributed by atoms with van der Waals surface area (Å²) in [5, 5.41) is 14.7. The molecule has 1 aliphatic rings. The molecule has 1 saturated heterocycles. The second-order valence-corrected chi connectivity index (χ2v) is 7.20. The number of nitrogens with one attached hydrogen (secondary N) is 1. The molecule has 2 N–H and O–H groups in total. The molecule has 1 aliphatic heterocycles. The summed E-state index contributed by atoms with van der Waals surface area (Å²) in [6.07, 6.45) is -3.60. The minimum absolute atomic E-state index is 0.155. The number of aryl methyl sites for hydroxylation is 1. The number of carbonyl (C=O) groups is 2. The number of carboxylic acid groups (broad SMARTS) is 1. The van der Waals surface area contributed by atoms with Gasteiger partial charge in [0, 0.05) is 19.6 Å². The van der Waals surface area contributed by atoms with Crippen molar-refractivity contribution in [2.45, 2.75) is 32.5 Å². The summed E-state index contributed by atoms with van der Waals surface area (Å²) in [5.41, 5.74) is 0.914. The molecule has 12 heteroatoms. The molecule has 1 aromatic carbocycles. The van der Waals surface area contributed by atoms with Crippen molar-refractivity contribution in [3.05, 3.63) is 41.7 Å². The van der Waals surface area contributed by atoms with Gasteiger partial charge in [-0.25, -0.2) is 18.9 Å². The maximum absolute atomic E-state index is 13.4. The Bertz CT molecular complexity index is 927. The van der Waals surface area contributed by atoms with Crippen molar-refractivity contribution in [3.63, 3.8) is 0 Å². The average molecular weight is 431 g/mol. The molecule has 0 spiro atoms. The highest BCUT2D eigenvalue weighted by Gasteiger charge is 2.38. The maximum Gasteiger partial charge on any atom is 0.490 e. The quantitative estimate of drug-likeness (QED) is 0.707. The Balaban J connectivity index is 0.000000396. The molecular formula is C18H21F4N5O3. The van der Waals surface area contributed by atoms with E-state index in [9.17, 15) is 22.4 Å². The zero-order chi connectivity index (χ0) is 22.7. The number of aliphatic carboxylic acids is 1. The predicted molar refractivity (Wildman–Crippen MR) is 97.7 cm³/mol. The highest BCUT2D eigenvalue weighted by Crippen LogP contribution is 2.19. The van der Waals surface area contributed by atoms with Crippen LogP contribution in [0.25, 0.3) is 5.69 Å². The molecule has 2 heterocycles. The lowest BCUT2D eigenvalue weighted by Gasteiger charge is -2.42. The molecule has 1 amide bonds. The zero-order valence-electron chi connectivity index (χ0n) is 16.5. The molecule has 0 atom stereocenters. The molecule has 1 aromatic heterocycles. The fourth-order valence-electron chi connectivity index (χ4n) is 2.74. The van der Waals surface area contributed by atoms with Gasteiger partial charge in [-0.3, -0.25) is 4.79 Å². The van der Waals surface area contributed by atoms with E-state index in [1.165, 1.54) is 17.1 Å². The largest absolute Gasteiger partial charge is 0.490 e. The number of carboxylic acids is 1. The monoisotopic (exact) mass is 431 g/mol. The maximum atomic E-state index is 13.4. The Labute approximate surface area is 169 Å². The third-order valence-electron chi connectivity index (χ3n) is 4.38. The number of aromatic nitrogens is 3. The Morgan fingerprint density at radius 1 is 1.27 bits per heavy atom. The van der Waals surface area contributed by atoms with E-state index in [4.69, 9.17) is 9.90 Å². The third kappa shape index (κ3) is 5.53. The van der Waals surface area contributed by atoms with Crippen LogP contribution in [0.1, 0.15) is 30.0 Å². The third-order valence-corrected chi connectivity index (χ3v) is 4.38. The second kappa shape index (κ2) is 8.78. The van der Waals surface area contributed by atoms with Gasteiger partial charge in [-0.1, -0.05) is 0 Å². The van der Waals surface area contributed by atoms with Gasteiger partial charge >= 0.3 is 12.1 Å². The lowest BCUT2D eigenvalue weighted by Crippen LogP contribution is -2.60. The predicted octanol–water partition coefficient (Wildman–Crippen LogP) is 2.17. The summed E-state index contributed by atoms with van der Waals surface area (Å²) in [5.74, 6) is -3.06. The number of hydrogen-bond acceptors (Lipinski definition) is 5. The molecule has 0 saturated carbocycles. The molecule has 0 aliphatic carbocycles. The van der Waals surface area contributed by atoms with Crippen LogP contribution in [0.4, 0.5) is 17.6 Å². The van der Waals surface area contributed by atoms with Crippen molar-refractivity contribution in [1.82, 2.24) is 25.0 Å². The number of halogens is 4. The van der Waals surface area contributed by atoms with Crippen LogP contribution in [-0.4, -0.2) is 68.0 Å². The normalized spacial score (nSPS) is 15.9. The van der Waals surface area contributed by atoms with Gasteiger partial charge in [0.1, 0.15) is 12.1 Å². The lowest BCUT2D eigenvalue weighted by atomic mass is 10.00. The van der Waals surface area contributed by atoms with Crippen molar-refractivity contribution in [1.29, 1.82) is 0 Å². The number of alkyl halides is 3. The van der Waals surface area contributed by atoms with Crippen LogP contribution in [0.15, 0.2) is 24.5 Å². The molecule has 0 radical (unpaired) electrons. The van der Waals surface area contributed by atoms with Gasteiger partial charge in [0.15, 0.2) is 0 Å². The van der Waals surface area contributed by atoms with Gasteiger partial charge in [0.2, 0.25) is 5.82 Å². The summed E-state index contributed by atoms with van der Waals surface area (Å²) in [6.45, 7) is 7.82. The topological polar surface area (TPSA) is 100 Å². The Morgan fingerprint density at radius 2 is 1.90 bits per heavy atom. The smallest absolute Gasteiger partial charge is 0.475 e. The van der Waals surface area contributed by atoms with Crippen LogP contribution in [0.5, 0.6) is 0 Å². The first kappa shape index (κ1) is 23.3. The first-order valence-electron chi connectivity index (χ1n) is 8.84. The molecule has 3 rings (SSSR count). The minimum Gasteiger partial charge on any atom is -0.475 e. The van der Waals surface area contributed by atoms with Crippen LogP contribution >= 0.6 is 0 Å². The fraction of sp³-hybridized carbons (Fsp3) is 0.444. The van der Waals surface area contributed by atoms with E-state index >= 15 is 0 Å². The average Bonchev–Trinajstić information content (AvgIpc) is 3.13. The van der Waals surface area contributed by atoms with E-state index in [0.717, 1.165) is 13.1 Å². The van der Waals surface area contributed by atoms with E-state index in [-0.39, 0.29) is 23.1 Å². The summed E-state index contributed by atoms with van der Waals surface area (Å²) in [7, 11) is 0. The first-order chi connectivity index (χ1) is 13.8. The number of rotatable bonds is 2. The van der Waals surface area contributed by atoms with Crippen LogP contribution < -0.4 is 5.32 Å². The van der Waals surface area contributed by atoms with Crippen molar-refractivity contribution in [3.8, 4) is 5.69 Å². The fourth-order valence-corrected chi connectivity index (χ4v) is 2.74. The Hall–Kier alpha value is -3.02. The molecule has 30 heavy (non-hydrogen) atoms. The summed E-state index contributed by atoms with van der Waals surface area (Å²) in [6, 6.07) is 4.67. The number of piperazine rings is 1. The number of carbonyl (C=O) groups excluding carboxylic acids is 1. The summed E-state index contributed by atoms with van der Waals surface area (Å²) in [4.78, 5) is 27.5. The SMILES string of the molecule is Cc1cc(-n2cnc(C(=O)N3CCNCC3(C)C)n2)ccc1F.O=C(O)C(F)(F)F. The molecule has 8 nitrogen and oxygen atoms in total. The van der Waals surface area contributed by atoms with Crippen molar-refractivity contribution in [2.75, 3.05) is 19.6 Å². The van der Waals surface area contributed by atoms with E-state index < -0.39 is 12.1 Å². The molecular weight excluding hydrogens is 410 g/mol. The highest BCUT2D eigenvalue weighted by molar-refractivity contribution is 5.91. The van der Waals surface area contributed by atoms with Crippen molar-refractivity contribution < 1.29 is 32.3 Å². The second-order valence-electron chi connectivity index (χ2n) is 7.20. The van der Waals surface area contributed by atoms with Crippen LogP contribution in [0.3, 0.4) is 0 Å². The molecule has 0 unspecified atom stereocenters. The molecule has 1 fully saturated rings. The number of hydrogen-bond donors (Lipinski definition) is 2. The first-order valence-corrected chi connectivity index (χ1v) is 8.84. The van der Waals surface area contributed by atoms with Gasteiger partial charge in [0.05, 0.1) is 11.2 Å². The van der Waals surface area contributed by atoms with Gasteiger partial charge in [-0.2, -0.15) is 13.2 Å². The minimum atomic E-state index is -5.08. The van der Waals surface area contributed by atoms with E-state index in [0.29, 0.717) is 17.8 Å². The number of amides is 1. The van der Waals surface area contributed by atoms with Crippen LogP contribution in [0.2, 0.25) is 0 Å². The summed E-state index contributed by atoms with van der Waals surface area (Å²) >= 11 is 0. The van der Waals surface area contributed by atoms with E-state index in [1.54, 1.807) is 24.0 Å². The Kier molecular flexibility index (Phi) is 6.80. The Morgan fingerprint density at radius 3 is 2.43 bits per heavy atom. The van der Waals surface area contributed by atoms with Gasteiger partial charge in [-0.05, 0) is 44.5 Å². The molecule has 0 bridgehead atoms. The summed E-state index contributed by atoms with van der Waals surface area (Å²) < 4.78 is 46.6.